The molecule has 1 aromatic carbocycles. The number of ether oxygens (including phenoxy) is 1. The Morgan fingerprint density at radius 3 is 2.56 bits per heavy atom. The number of hydrogen-bond acceptors (Lipinski definition) is 4. The van der Waals surface area contributed by atoms with Crippen molar-refractivity contribution >= 4 is 11.9 Å². The van der Waals surface area contributed by atoms with E-state index in [0.717, 1.165) is 16.9 Å². The quantitative estimate of drug-likeness (QED) is 0.819. The molecule has 0 aliphatic carbocycles. The number of aryl methyl sites for hydroxylation is 2. The van der Waals surface area contributed by atoms with Gasteiger partial charge in [-0.1, -0.05) is 12.1 Å². The number of amides is 3. The van der Waals surface area contributed by atoms with Crippen LogP contribution >= 0.6 is 0 Å². The molecule has 0 bridgehead atoms. The third-order valence-electron chi connectivity index (χ3n) is 4.57. The lowest BCUT2D eigenvalue weighted by Gasteiger charge is -2.34. The van der Waals surface area contributed by atoms with E-state index < -0.39 is 0 Å². The van der Waals surface area contributed by atoms with Crippen molar-refractivity contribution < 1.29 is 18.7 Å². The molecule has 144 valence electrons. The first-order valence-corrected chi connectivity index (χ1v) is 9.10. The molecule has 1 aromatic heterocycles. The average Bonchev–Trinajstić information content (AvgIpc) is 3.22. The lowest BCUT2D eigenvalue weighted by molar-refractivity contribution is 0.0634. The van der Waals surface area contributed by atoms with Crippen molar-refractivity contribution in [3.63, 3.8) is 0 Å². The molecule has 1 aliphatic rings. The first-order valence-electron chi connectivity index (χ1n) is 9.10. The van der Waals surface area contributed by atoms with Gasteiger partial charge in [-0.05, 0) is 43.2 Å². The minimum atomic E-state index is -0.137. The molecule has 0 unspecified atom stereocenters. The molecular formula is C20H25N3O4. The van der Waals surface area contributed by atoms with Gasteiger partial charge in [-0.3, -0.25) is 4.79 Å². The Labute approximate surface area is 158 Å². The van der Waals surface area contributed by atoms with Crippen molar-refractivity contribution in [1.29, 1.82) is 0 Å². The van der Waals surface area contributed by atoms with Gasteiger partial charge in [0.1, 0.15) is 12.4 Å². The summed E-state index contributed by atoms with van der Waals surface area (Å²) in [5.41, 5.74) is 2.21. The van der Waals surface area contributed by atoms with Gasteiger partial charge in [-0.25, -0.2) is 4.79 Å². The smallest absolute Gasteiger partial charge is 0.317 e. The van der Waals surface area contributed by atoms with Gasteiger partial charge in [0.25, 0.3) is 5.91 Å². The van der Waals surface area contributed by atoms with Gasteiger partial charge in [0.2, 0.25) is 0 Å². The second-order valence-corrected chi connectivity index (χ2v) is 6.61. The minimum absolute atomic E-state index is 0.135. The first-order chi connectivity index (χ1) is 13.0. The Hall–Kier alpha value is -2.96. The number of carbonyl (C=O) groups excluding carboxylic acids is 2. The van der Waals surface area contributed by atoms with E-state index in [0.29, 0.717) is 45.1 Å². The van der Waals surface area contributed by atoms with Crippen LogP contribution in [0.3, 0.4) is 0 Å². The van der Waals surface area contributed by atoms with Gasteiger partial charge < -0.3 is 24.3 Å². The number of hydrogen-bond donors (Lipinski definition) is 1. The van der Waals surface area contributed by atoms with E-state index in [9.17, 15) is 9.59 Å². The topological polar surface area (TPSA) is 75.0 Å². The van der Waals surface area contributed by atoms with Crippen LogP contribution < -0.4 is 10.1 Å². The van der Waals surface area contributed by atoms with Crippen LogP contribution in [-0.4, -0.2) is 61.1 Å². The van der Waals surface area contributed by atoms with Crippen molar-refractivity contribution in [1.82, 2.24) is 15.1 Å². The molecule has 7 heteroatoms. The number of benzene rings is 1. The summed E-state index contributed by atoms with van der Waals surface area (Å²) in [7, 11) is 0. The molecule has 1 N–H and O–H groups in total. The van der Waals surface area contributed by atoms with Gasteiger partial charge in [-0.2, -0.15) is 0 Å². The largest absolute Gasteiger partial charge is 0.491 e. The molecule has 0 saturated carbocycles. The molecule has 2 heterocycles. The fourth-order valence-electron chi connectivity index (χ4n) is 2.96. The van der Waals surface area contributed by atoms with E-state index in [1.54, 1.807) is 21.9 Å². The molecule has 1 aliphatic heterocycles. The van der Waals surface area contributed by atoms with E-state index in [1.165, 1.54) is 6.26 Å². The summed E-state index contributed by atoms with van der Waals surface area (Å²) in [6, 6.07) is 9.26. The van der Waals surface area contributed by atoms with Gasteiger partial charge in [-0.15, -0.1) is 0 Å². The zero-order chi connectivity index (χ0) is 19.2. The van der Waals surface area contributed by atoms with Crippen molar-refractivity contribution in [3.05, 3.63) is 53.5 Å². The summed E-state index contributed by atoms with van der Waals surface area (Å²) < 4.78 is 10.9. The van der Waals surface area contributed by atoms with Crippen LogP contribution in [0.1, 0.15) is 21.7 Å². The second-order valence-electron chi connectivity index (χ2n) is 6.61. The number of piperazine rings is 1. The van der Waals surface area contributed by atoms with Crippen LogP contribution in [-0.2, 0) is 0 Å². The summed E-state index contributed by atoms with van der Waals surface area (Å²) in [5, 5.41) is 2.87. The highest BCUT2D eigenvalue weighted by Crippen LogP contribution is 2.18. The van der Waals surface area contributed by atoms with E-state index in [-0.39, 0.29) is 11.9 Å². The average molecular weight is 371 g/mol. The maximum absolute atomic E-state index is 12.3. The van der Waals surface area contributed by atoms with Crippen molar-refractivity contribution in [2.45, 2.75) is 13.8 Å². The van der Waals surface area contributed by atoms with Crippen LogP contribution in [0.5, 0.6) is 5.75 Å². The van der Waals surface area contributed by atoms with Crippen LogP contribution in [0.15, 0.2) is 41.0 Å². The van der Waals surface area contributed by atoms with Crippen molar-refractivity contribution in [2.24, 2.45) is 0 Å². The highest BCUT2D eigenvalue weighted by atomic mass is 16.5. The number of carbonyl (C=O) groups is 2. The third kappa shape index (κ3) is 4.81. The molecule has 1 fully saturated rings. The van der Waals surface area contributed by atoms with Crippen LogP contribution in [0.4, 0.5) is 4.79 Å². The predicted molar refractivity (Wildman–Crippen MR) is 101 cm³/mol. The molecule has 0 radical (unpaired) electrons. The number of rotatable bonds is 5. The number of urea groups is 1. The first kappa shape index (κ1) is 18.8. The van der Waals surface area contributed by atoms with Crippen molar-refractivity contribution in [3.8, 4) is 5.75 Å². The normalized spacial score (nSPS) is 14.1. The molecule has 1 saturated heterocycles. The fraction of sp³-hybridized carbons (Fsp3) is 0.400. The second kappa shape index (κ2) is 8.62. The molecule has 7 nitrogen and oxygen atoms in total. The highest BCUT2D eigenvalue weighted by Gasteiger charge is 2.25. The lowest BCUT2D eigenvalue weighted by atomic mass is 10.1. The summed E-state index contributed by atoms with van der Waals surface area (Å²) in [5.74, 6) is 1.03. The Balaban J connectivity index is 1.38. The molecule has 3 rings (SSSR count). The lowest BCUT2D eigenvalue weighted by Crippen LogP contribution is -2.53. The Morgan fingerprint density at radius 2 is 1.85 bits per heavy atom. The van der Waals surface area contributed by atoms with Crippen LogP contribution in [0.25, 0.3) is 0 Å². The third-order valence-corrected chi connectivity index (χ3v) is 4.57. The van der Waals surface area contributed by atoms with E-state index >= 15 is 0 Å². The molecular weight excluding hydrogens is 346 g/mol. The molecule has 0 spiro atoms. The summed E-state index contributed by atoms with van der Waals surface area (Å²) in [6.45, 7) is 6.83. The SMILES string of the molecule is Cc1ccc(C)c(OCCNC(=O)N2CCN(C(=O)c3ccco3)CC2)c1. The summed E-state index contributed by atoms with van der Waals surface area (Å²) >= 11 is 0. The van der Waals surface area contributed by atoms with Gasteiger partial charge in [0.05, 0.1) is 12.8 Å². The Kier molecular flexibility index (Phi) is 6.01. The van der Waals surface area contributed by atoms with Crippen molar-refractivity contribution in [2.75, 3.05) is 39.3 Å². The molecule has 0 atom stereocenters. The Bertz CT molecular complexity index is 781. The number of nitrogens with one attached hydrogen (secondary N) is 1. The minimum Gasteiger partial charge on any atom is -0.491 e. The summed E-state index contributed by atoms with van der Waals surface area (Å²) in [6.07, 6.45) is 1.48. The standard InChI is InChI=1S/C20H25N3O4/c1-15-5-6-16(2)18(14-15)27-13-7-21-20(25)23-10-8-22(9-11-23)19(24)17-4-3-12-26-17/h3-6,12,14H,7-11,13H2,1-2H3,(H,21,25). The van der Waals surface area contributed by atoms with Gasteiger partial charge in [0, 0.05) is 26.2 Å². The molecule has 27 heavy (non-hydrogen) atoms. The Morgan fingerprint density at radius 1 is 1.11 bits per heavy atom. The molecule has 2 aromatic rings. The zero-order valence-electron chi connectivity index (χ0n) is 15.7. The monoisotopic (exact) mass is 371 g/mol. The maximum Gasteiger partial charge on any atom is 0.317 e. The van der Waals surface area contributed by atoms with Gasteiger partial charge in [0.15, 0.2) is 5.76 Å². The summed E-state index contributed by atoms with van der Waals surface area (Å²) in [4.78, 5) is 27.9. The fourth-order valence-corrected chi connectivity index (χ4v) is 2.96. The highest BCUT2D eigenvalue weighted by molar-refractivity contribution is 5.91. The van der Waals surface area contributed by atoms with Crippen LogP contribution in [0.2, 0.25) is 0 Å². The van der Waals surface area contributed by atoms with E-state index in [2.05, 4.69) is 5.32 Å². The molecule has 3 amide bonds. The van der Waals surface area contributed by atoms with Gasteiger partial charge >= 0.3 is 6.03 Å². The van der Waals surface area contributed by atoms with E-state index in [1.807, 2.05) is 32.0 Å². The zero-order valence-corrected chi connectivity index (χ0v) is 15.7. The predicted octanol–water partition coefficient (Wildman–Crippen LogP) is 2.44. The number of nitrogens with zero attached hydrogens (tertiary/aromatic N) is 2. The van der Waals surface area contributed by atoms with Crippen LogP contribution in [0, 0.1) is 13.8 Å². The number of furan rings is 1. The van der Waals surface area contributed by atoms with E-state index in [4.69, 9.17) is 9.15 Å². The maximum atomic E-state index is 12.3.